The first-order valence-corrected chi connectivity index (χ1v) is 13.2. The van der Waals surface area contributed by atoms with Gasteiger partial charge in [0.15, 0.2) is 5.82 Å². The Bertz CT molecular complexity index is 1470. The van der Waals surface area contributed by atoms with Crippen molar-refractivity contribution in [1.82, 2.24) is 35.4 Å². The molecule has 15 nitrogen and oxygen atoms in total. The number of methoxy groups -OCH3 is 1. The number of nitrogens with two attached hydrogens (primary N) is 1. The third-order valence-electron chi connectivity index (χ3n) is 6.17. The minimum absolute atomic E-state index is 0.00219. The van der Waals surface area contributed by atoms with Crippen LogP contribution >= 0.6 is 23.2 Å². The first-order valence-electron chi connectivity index (χ1n) is 12.5. The number of benzene rings is 1. The van der Waals surface area contributed by atoms with Crippen molar-refractivity contribution < 1.29 is 23.8 Å². The summed E-state index contributed by atoms with van der Waals surface area (Å²) in [5, 5.41) is 21.6. The van der Waals surface area contributed by atoms with E-state index in [1.165, 1.54) is 7.11 Å². The van der Waals surface area contributed by atoms with Gasteiger partial charge in [-0.2, -0.15) is 4.98 Å². The zero-order valence-electron chi connectivity index (χ0n) is 22.4. The van der Waals surface area contributed by atoms with Gasteiger partial charge < -0.3 is 25.3 Å². The number of rotatable bonds is 12. The Kier molecular flexibility index (Phi) is 9.86. The summed E-state index contributed by atoms with van der Waals surface area (Å²) in [6, 6.07) is 4.99. The highest BCUT2D eigenvalue weighted by molar-refractivity contribution is 6.42. The van der Waals surface area contributed by atoms with Crippen LogP contribution in [0.15, 0.2) is 34.5 Å². The molecule has 2 aromatic heterocycles. The number of hydrogen-bond acceptors (Lipinski definition) is 13. The number of nitrogens with one attached hydrogen (secondary N) is 2. The molecule has 218 valence electrons. The summed E-state index contributed by atoms with van der Waals surface area (Å²) in [4.78, 5) is 34.8. The largest absolute Gasteiger partial charge is 0.468 e. The van der Waals surface area contributed by atoms with Crippen LogP contribution in [0, 0.1) is 5.92 Å². The molecule has 0 aliphatic carbocycles. The number of carbonyl (C=O) groups excluding carboxylic acids is 2. The van der Waals surface area contributed by atoms with Gasteiger partial charge in [-0.1, -0.05) is 35.3 Å². The monoisotopic (exact) mass is 606 g/mol. The van der Waals surface area contributed by atoms with Crippen LogP contribution in [0.25, 0.3) is 0 Å². The van der Waals surface area contributed by atoms with E-state index >= 15 is 0 Å². The van der Waals surface area contributed by atoms with Crippen LogP contribution in [0.3, 0.4) is 0 Å². The molecular formula is C24H28Cl2N10O5. The van der Waals surface area contributed by atoms with E-state index in [0.29, 0.717) is 36.1 Å². The number of aromatic amines is 1. The fraction of sp³-hybridized carbons (Fsp3) is 0.417. The SMILES string of the molecule is CCOC(=O)C1=C(COCc2nnnn2CCNc2n[nH]c(N)n2)N=C(C)C(C(=O)OC)C1c1cccc(Cl)c1Cl. The average molecular weight is 607 g/mol. The second kappa shape index (κ2) is 13.5. The molecule has 3 heterocycles. The van der Waals surface area contributed by atoms with Crippen LogP contribution in [0.1, 0.15) is 31.2 Å². The molecule has 0 radical (unpaired) electrons. The van der Waals surface area contributed by atoms with Gasteiger partial charge in [-0.3, -0.25) is 9.79 Å². The van der Waals surface area contributed by atoms with E-state index in [2.05, 4.69) is 41.0 Å². The first kappa shape index (κ1) is 29.9. The molecule has 2 unspecified atom stereocenters. The predicted molar refractivity (Wildman–Crippen MR) is 148 cm³/mol. The fourth-order valence-corrected chi connectivity index (χ4v) is 4.81. The lowest BCUT2D eigenvalue weighted by Gasteiger charge is -2.32. The van der Waals surface area contributed by atoms with Gasteiger partial charge in [-0.15, -0.1) is 10.2 Å². The summed E-state index contributed by atoms with van der Waals surface area (Å²) in [5.74, 6) is -2.12. The van der Waals surface area contributed by atoms with Crippen molar-refractivity contribution in [3.05, 3.63) is 50.9 Å². The Hall–Kier alpha value is -4.08. The maximum absolute atomic E-state index is 13.3. The number of nitrogen functional groups attached to an aromatic ring is 1. The number of tetrazole rings is 1. The predicted octanol–water partition coefficient (Wildman–Crippen LogP) is 2.17. The van der Waals surface area contributed by atoms with E-state index in [1.54, 1.807) is 36.7 Å². The number of anilines is 2. The minimum Gasteiger partial charge on any atom is -0.468 e. The number of ether oxygens (including phenoxy) is 3. The highest BCUT2D eigenvalue weighted by Gasteiger charge is 2.44. The summed E-state index contributed by atoms with van der Waals surface area (Å²) in [6.45, 7) is 4.12. The maximum Gasteiger partial charge on any atom is 0.336 e. The third kappa shape index (κ3) is 6.81. The lowest BCUT2D eigenvalue weighted by Crippen LogP contribution is -2.37. The zero-order chi connectivity index (χ0) is 29.5. The fourth-order valence-electron chi connectivity index (χ4n) is 4.39. The number of H-pyrrole nitrogens is 1. The molecule has 1 aliphatic rings. The highest BCUT2D eigenvalue weighted by atomic mass is 35.5. The number of hydrogen-bond donors (Lipinski definition) is 3. The quantitative estimate of drug-likeness (QED) is 0.254. The van der Waals surface area contributed by atoms with Gasteiger partial charge in [0.1, 0.15) is 12.5 Å². The van der Waals surface area contributed by atoms with Crippen LogP contribution in [0.5, 0.6) is 0 Å². The normalized spacial score (nSPS) is 16.9. The molecule has 0 bridgehead atoms. The van der Waals surface area contributed by atoms with Crippen molar-refractivity contribution in [3.63, 3.8) is 0 Å². The summed E-state index contributed by atoms with van der Waals surface area (Å²) in [6.07, 6.45) is 0. The van der Waals surface area contributed by atoms with Crippen LogP contribution < -0.4 is 11.1 Å². The van der Waals surface area contributed by atoms with Gasteiger partial charge in [0.25, 0.3) is 0 Å². The summed E-state index contributed by atoms with van der Waals surface area (Å²) >= 11 is 12.9. The van der Waals surface area contributed by atoms with Crippen molar-refractivity contribution in [2.75, 3.05) is 37.9 Å². The van der Waals surface area contributed by atoms with Crippen molar-refractivity contribution in [2.45, 2.75) is 32.9 Å². The molecule has 2 atom stereocenters. The summed E-state index contributed by atoms with van der Waals surface area (Å²) < 4.78 is 17.9. The average Bonchev–Trinajstić information content (AvgIpc) is 3.58. The molecule has 17 heteroatoms. The number of nitrogens with zero attached hydrogens (tertiary/aromatic N) is 7. The molecule has 4 rings (SSSR count). The van der Waals surface area contributed by atoms with Gasteiger partial charge in [0, 0.05) is 18.2 Å². The van der Waals surface area contributed by atoms with Gasteiger partial charge >= 0.3 is 11.9 Å². The van der Waals surface area contributed by atoms with Gasteiger partial charge in [0.2, 0.25) is 11.9 Å². The molecule has 0 fully saturated rings. The Morgan fingerprint density at radius 1 is 1.24 bits per heavy atom. The molecular weight excluding hydrogens is 579 g/mol. The number of esters is 2. The number of carbonyl (C=O) groups is 2. The highest BCUT2D eigenvalue weighted by Crippen LogP contribution is 2.44. The molecule has 3 aromatic rings. The van der Waals surface area contributed by atoms with Gasteiger partial charge in [-0.25, -0.2) is 14.6 Å². The lowest BCUT2D eigenvalue weighted by molar-refractivity contribution is -0.144. The topological polar surface area (TPSA) is 197 Å². The van der Waals surface area contributed by atoms with Crippen LogP contribution in [0.2, 0.25) is 10.0 Å². The lowest BCUT2D eigenvalue weighted by atomic mass is 9.75. The van der Waals surface area contributed by atoms with E-state index in [9.17, 15) is 9.59 Å². The number of halogens is 2. The Morgan fingerprint density at radius 3 is 2.76 bits per heavy atom. The van der Waals surface area contributed by atoms with Crippen molar-refractivity contribution in [2.24, 2.45) is 10.9 Å². The van der Waals surface area contributed by atoms with E-state index < -0.39 is 23.8 Å². The summed E-state index contributed by atoms with van der Waals surface area (Å²) in [5.41, 5.74) is 6.77. The van der Waals surface area contributed by atoms with E-state index in [1.807, 2.05) is 0 Å². The molecule has 0 saturated carbocycles. The molecule has 41 heavy (non-hydrogen) atoms. The molecule has 0 saturated heterocycles. The molecule has 1 aromatic carbocycles. The van der Waals surface area contributed by atoms with Crippen LogP contribution in [-0.2, 0) is 37.0 Å². The molecule has 4 N–H and O–H groups in total. The Morgan fingerprint density at radius 2 is 2.05 bits per heavy atom. The van der Waals surface area contributed by atoms with E-state index in [-0.39, 0.29) is 47.1 Å². The zero-order valence-corrected chi connectivity index (χ0v) is 23.9. The molecule has 1 aliphatic heterocycles. The summed E-state index contributed by atoms with van der Waals surface area (Å²) in [7, 11) is 1.26. The second-order valence-corrected chi connectivity index (χ2v) is 9.52. The van der Waals surface area contributed by atoms with Crippen molar-refractivity contribution >= 4 is 52.7 Å². The van der Waals surface area contributed by atoms with Crippen LogP contribution in [0.4, 0.5) is 11.9 Å². The number of aromatic nitrogens is 7. The maximum atomic E-state index is 13.3. The third-order valence-corrected chi connectivity index (χ3v) is 7.00. The van der Waals surface area contributed by atoms with E-state index in [0.717, 1.165) is 0 Å². The van der Waals surface area contributed by atoms with Crippen molar-refractivity contribution in [3.8, 4) is 0 Å². The Labute approximate surface area is 244 Å². The minimum atomic E-state index is -0.946. The Balaban J connectivity index is 1.58. The van der Waals surface area contributed by atoms with E-state index in [4.69, 9.17) is 43.1 Å². The standard InChI is InChI=1S/C24H28Cl2N10O5/c1-4-41-22(38)19-15(10-40-11-16-31-34-35-36(16)9-8-28-24-30-23(27)32-33-24)29-12(2)17(21(37)39-3)18(19)13-6-5-7-14(25)20(13)26/h5-7,17-18H,4,8-11H2,1-3H3,(H4,27,28,30,32,33). The molecule has 0 spiro atoms. The van der Waals surface area contributed by atoms with Crippen molar-refractivity contribution in [1.29, 1.82) is 0 Å². The first-order chi connectivity index (χ1) is 19.7. The van der Waals surface area contributed by atoms with Gasteiger partial charge in [0.05, 0.1) is 48.2 Å². The van der Waals surface area contributed by atoms with Gasteiger partial charge in [-0.05, 0) is 35.9 Å². The van der Waals surface area contributed by atoms with Crippen LogP contribution in [-0.4, -0.2) is 79.9 Å². The second-order valence-electron chi connectivity index (χ2n) is 8.74. The smallest absolute Gasteiger partial charge is 0.336 e. The molecule has 0 amide bonds. The number of aliphatic imine (C=N–C) groups is 1.